The molecule has 0 spiro atoms. The number of para-hydroxylation sites is 2. The summed E-state index contributed by atoms with van der Waals surface area (Å²) in [6.45, 7) is 5.47. The highest BCUT2D eigenvalue weighted by Gasteiger charge is 2.23. The number of benzene rings is 4. The minimum absolute atomic E-state index is 0.340. The Labute approximate surface area is 202 Å². The lowest BCUT2D eigenvalue weighted by molar-refractivity contribution is -0.123. The zero-order chi connectivity index (χ0) is 24.5. The summed E-state index contributed by atoms with van der Waals surface area (Å²) >= 11 is 0. The normalized spacial score (nSPS) is 12.0. The Morgan fingerprint density at radius 2 is 1.66 bits per heavy atom. The average Bonchev–Trinajstić information content (AvgIpc) is 3.30. The topological polar surface area (TPSA) is 81.4 Å². The van der Waals surface area contributed by atoms with Crippen molar-refractivity contribution >= 4 is 39.4 Å². The fourth-order valence-electron chi connectivity index (χ4n) is 4.08. The number of nitrogens with zero attached hydrogens (tertiary/aromatic N) is 1. The van der Waals surface area contributed by atoms with Crippen LogP contribution >= 0.6 is 0 Å². The molecule has 1 N–H and O–H groups in total. The predicted octanol–water partition coefficient (Wildman–Crippen LogP) is 6.45. The maximum atomic E-state index is 13.2. The number of hydrogen-bond acceptors (Lipinski definition) is 5. The molecule has 0 radical (unpaired) electrons. The number of aryl methyl sites for hydroxylation is 1. The fourth-order valence-corrected chi connectivity index (χ4v) is 4.08. The molecule has 0 bridgehead atoms. The van der Waals surface area contributed by atoms with E-state index in [1.54, 1.807) is 19.1 Å². The standard InChI is InChI=1S/C29H24N2O4/c1-17-9-6-15-23(18(17)2)30-27(32)19(3)34-29(33)22-13-8-11-20-10-7-12-21(26(20)22)28-31-24-14-4-5-16-25(24)35-28/h4-16,19H,1-3H3,(H,30,32). The fraction of sp³-hybridized carbons (Fsp3) is 0.138. The van der Waals surface area contributed by atoms with Crippen molar-refractivity contribution in [2.45, 2.75) is 26.9 Å². The van der Waals surface area contributed by atoms with Crippen LogP contribution in [0.15, 0.2) is 83.3 Å². The number of hydrogen-bond donors (Lipinski definition) is 1. The smallest absolute Gasteiger partial charge is 0.339 e. The lowest BCUT2D eigenvalue weighted by atomic mass is 9.99. The Bertz CT molecular complexity index is 1550. The van der Waals surface area contributed by atoms with Gasteiger partial charge >= 0.3 is 5.97 Å². The van der Waals surface area contributed by atoms with Crippen LogP contribution in [0.1, 0.15) is 28.4 Å². The predicted molar refractivity (Wildman–Crippen MR) is 136 cm³/mol. The molecule has 6 heteroatoms. The number of carbonyl (C=O) groups excluding carboxylic acids is 2. The molecule has 0 saturated carbocycles. The minimum atomic E-state index is -0.992. The zero-order valence-corrected chi connectivity index (χ0v) is 19.7. The highest BCUT2D eigenvalue weighted by molar-refractivity contribution is 6.10. The largest absolute Gasteiger partial charge is 0.449 e. The maximum absolute atomic E-state index is 13.2. The number of anilines is 1. The molecule has 35 heavy (non-hydrogen) atoms. The molecule has 4 aromatic carbocycles. The van der Waals surface area contributed by atoms with Gasteiger partial charge in [0.05, 0.1) is 5.56 Å². The second-order valence-electron chi connectivity index (χ2n) is 8.48. The van der Waals surface area contributed by atoms with Gasteiger partial charge in [-0.2, -0.15) is 0 Å². The molecule has 1 aromatic heterocycles. The maximum Gasteiger partial charge on any atom is 0.339 e. The van der Waals surface area contributed by atoms with E-state index in [4.69, 9.17) is 9.15 Å². The Kier molecular flexibility index (Phi) is 5.79. The third-order valence-electron chi connectivity index (χ3n) is 6.16. The van der Waals surface area contributed by atoms with Gasteiger partial charge in [-0.1, -0.05) is 48.5 Å². The molecular weight excluding hydrogens is 440 g/mol. The van der Waals surface area contributed by atoms with Crippen molar-refractivity contribution in [2.24, 2.45) is 0 Å². The first-order chi connectivity index (χ1) is 16.9. The van der Waals surface area contributed by atoms with Gasteiger partial charge in [0.2, 0.25) is 5.89 Å². The van der Waals surface area contributed by atoms with Crippen molar-refractivity contribution in [1.82, 2.24) is 4.98 Å². The van der Waals surface area contributed by atoms with Crippen molar-refractivity contribution < 1.29 is 18.7 Å². The second kappa shape index (κ2) is 9.06. The monoisotopic (exact) mass is 464 g/mol. The van der Waals surface area contributed by atoms with Crippen molar-refractivity contribution in [3.05, 3.63) is 95.6 Å². The molecular formula is C29H24N2O4. The second-order valence-corrected chi connectivity index (χ2v) is 8.48. The van der Waals surface area contributed by atoms with Crippen LogP contribution in [-0.2, 0) is 9.53 Å². The van der Waals surface area contributed by atoms with Crippen molar-refractivity contribution in [1.29, 1.82) is 0 Å². The quantitative estimate of drug-likeness (QED) is 0.302. The van der Waals surface area contributed by atoms with Crippen LogP contribution in [0.4, 0.5) is 5.69 Å². The molecule has 0 fully saturated rings. The van der Waals surface area contributed by atoms with Gasteiger partial charge in [0, 0.05) is 16.6 Å². The lowest BCUT2D eigenvalue weighted by Gasteiger charge is -2.16. The summed E-state index contributed by atoms with van der Waals surface area (Å²) in [5.41, 5.74) is 5.14. The number of nitrogens with one attached hydrogen (secondary N) is 1. The van der Waals surface area contributed by atoms with Gasteiger partial charge in [0.15, 0.2) is 11.7 Å². The van der Waals surface area contributed by atoms with E-state index in [0.29, 0.717) is 33.7 Å². The molecule has 174 valence electrons. The van der Waals surface area contributed by atoms with E-state index in [1.165, 1.54) is 0 Å². The van der Waals surface area contributed by atoms with Crippen LogP contribution in [0, 0.1) is 13.8 Å². The number of rotatable bonds is 5. The number of esters is 1. The van der Waals surface area contributed by atoms with Crippen LogP contribution in [0.2, 0.25) is 0 Å². The molecule has 1 heterocycles. The molecule has 0 aliphatic carbocycles. The first-order valence-corrected chi connectivity index (χ1v) is 11.4. The van der Waals surface area contributed by atoms with Crippen molar-refractivity contribution in [3.63, 3.8) is 0 Å². The SMILES string of the molecule is Cc1cccc(NC(=O)C(C)OC(=O)c2cccc3cccc(-c4nc5ccccc5o4)c23)c1C. The molecule has 0 saturated heterocycles. The third kappa shape index (κ3) is 4.26. The van der Waals surface area contributed by atoms with E-state index >= 15 is 0 Å². The number of carbonyl (C=O) groups is 2. The number of amides is 1. The third-order valence-corrected chi connectivity index (χ3v) is 6.16. The van der Waals surface area contributed by atoms with Gasteiger partial charge in [-0.3, -0.25) is 4.79 Å². The van der Waals surface area contributed by atoms with E-state index in [2.05, 4.69) is 10.3 Å². The molecule has 5 rings (SSSR count). The van der Waals surface area contributed by atoms with E-state index in [-0.39, 0.29) is 0 Å². The summed E-state index contributed by atoms with van der Waals surface area (Å²) in [4.78, 5) is 30.6. The average molecular weight is 465 g/mol. The number of oxazole rings is 1. The lowest BCUT2D eigenvalue weighted by Crippen LogP contribution is -2.30. The molecule has 1 atom stereocenters. The Morgan fingerprint density at radius 3 is 2.46 bits per heavy atom. The number of aromatic nitrogens is 1. The minimum Gasteiger partial charge on any atom is -0.449 e. The van der Waals surface area contributed by atoms with E-state index in [1.807, 2.05) is 80.6 Å². The van der Waals surface area contributed by atoms with Crippen LogP contribution in [0.25, 0.3) is 33.3 Å². The summed E-state index contributed by atoms with van der Waals surface area (Å²) in [5, 5.41) is 4.36. The first-order valence-electron chi connectivity index (χ1n) is 11.4. The summed E-state index contributed by atoms with van der Waals surface area (Å²) < 4.78 is 11.6. The van der Waals surface area contributed by atoms with E-state index < -0.39 is 18.0 Å². The number of fused-ring (bicyclic) bond motifs is 2. The molecule has 0 aliphatic heterocycles. The van der Waals surface area contributed by atoms with Crippen LogP contribution in [-0.4, -0.2) is 23.0 Å². The molecule has 0 aliphatic rings. The first kappa shape index (κ1) is 22.3. The Hall–Kier alpha value is -4.45. The van der Waals surface area contributed by atoms with Crippen LogP contribution < -0.4 is 5.32 Å². The summed E-state index contributed by atoms with van der Waals surface area (Å²) in [5.74, 6) is -0.577. The van der Waals surface area contributed by atoms with Crippen LogP contribution in [0.3, 0.4) is 0 Å². The van der Waals surface area contributed by atoms with Crippen molar-refractivity contribution in [2.75, 3.05) is 5.32 Å². The summed E-state index contributed by atoms with van der Waals surface area (Å²) in [6, 6.07) is 24.2. The Balaban J connectivity index is 1.46. The van der Waals surface area contributed by atoms with Gasteiger partial charge in [-0.05, 0) is 67.6 Å². The van der Waals surface area contributed by atoms with Gasteiger partial charge in [-0.15, -0.1) is 0 Å². The van der Waals surface area contributed by atoms with Crippen molar-refractivity contribution in [3.8, 4) is 11.5 Å². The van der Waals surface area contributed by atoms with Gasteiger partial charge in [-0.25, -0.2) is 9.78 Å². The van der Waals surface area contributed by atoms with Gasteiger partial charge in [0.1, 0.15) is 5.52 Å². The molecule has 6 nitrogen and oxygen atoms in total. The summed E-state index contributed by atoms with van der Waals surface area (Å²) in [7, 11) is 0. The molecule has 1 unspecified atom stereocenters. The van der Waals surface area contributed by atoms with Gasteiger partial charge < -0.3 is 14.5 Å². The highest BCUT2D eigenvalue weighted by Crippen LogP contribution is 2.33. The number of ether oxygens (including phenoxy) is 1. The van der Waals surface area contributed by atoms with Crippen LogP contribution in [0.5, 0.6) is 0 Å². The summed E-state index contributed by atoms with van der Waals surface area (Å²) in [6.07, 6.45) is -0.992. The van der Waals surface area contributed by atoms with Gasteiger partial charge in [0.25, 0.3) is 5.91 Å². The zero-order valence-electron chi connectivity index (χ0n) is 19.7. The molecule has 5 aromatic rings. The van der Waals surface area contributed by atoms with E-state index in [9.17, 15) is 9.59 Å². The molecule has 1 amide bonds. The Morgan fingerprint density at radius 1 is 0.914 bits per heavy atom. The highest BCUT2D eigenvalue weighted by atomic mass is 16.5. The van der Waals surface area contributed by atoms with E-state index in [0.717, 1.165) is 22.0 Å².